The molecule has 0 unspecified atom stereocenters. The average molecular weight is 209 g/mol. The van der Waals surface area contributed by atoms with Crippen molar-refractivity contribution in [3.05, 3.63) is 18.2 Å². The molecule has 0 spiro atoms. The lowest BCUT2D eigenvalue weighted by Gasteiger charge is -2.04. The summed E-state index contributed by atoms with van der Waals surface area (Å²) in [4.78, 5) is 18.2. The predicted molar refractivity (Wildman–Crippen MR) is 55.6 cm³/mol. The van der Waals surface area contributed by atoms with Crippen LogP contribution in [0.3, 0.4) is 0 Å². The molecule has 0 saturated heterocycles. The number of hydrogen-bond donors (Lipinski definition) is 1. The van der Waals surface area contributed by atoms with E-state index in [4.69, 9.17) is 10.5 Å². The average Bonchev–Trinajstić information content (AvgIpc) is 2.25. The van der Waals surface area contributed by atoms with Crippen LogP contribution < -0.4 is 10.5 Å². The molecule has 5 heteroatoms. The van der Waals surface area contributed by atoms with Crippen molar-refractivity contribution in [2.75, 3.05) is 6.61 Å². The fourth-order valence-electron chi connectivity index (χ4n) is 1.06. The summed E-state index contributed by atoms with van der Waals surface area (Å²) in [6.07, 6.45) is 6.22. The monoisotopic (exact) mass is 209 g/mol. The van der Waals surface area contributed by atoms with Crippen LogP contribution in [0.5, 0.6) is 5.75 Å². The van der Waals surface area contributed by atoms with Crippen LogP contribution in [-0.2, 0) is 0 Å². The Bertz CT molecular complexity index is 311. The van der Waals surface area contributed by atoms with Gasteiger partial charge in [0.2, 0.25) is 5.82 Å². The first-order valence-corrected chi connectivity index (χ1v) is 4.98. The van der Waals surface area contributed by atoms with Gasteiger partial charge in [0, 0.05) is 0 Å². The molecule has 0 aliphatic rings. The molecule has 2 N–H and O–H groups in total. The van der Waals surface area contributed by atoms with Crippen molar-refractivity contribution in [3.8, 4) is 5.75 Å². The van der Waals surface area contributed by atoms with Crippen LogP contribution in [0.25, 0.3) is 0 Å². The molecule has 0 radical (unpaired) electrons. The second-order valence-corrected chi connectivity index (χ2v) is 3.16. The van der Waals surface area contributed by atoms with E-state index in [1.165, 1.54) is 12.4 Å². The van der Waals surface area contributed by atoms with Gasteiger partial charge < -0.3 is 10.5 Å². The minimum absolute atomic E-state index is 0.0101. The van der Waals surface area contributed by atoms with E-state index in [-0.39, 0.29) is 5.82 Å². The summed E-state index contributed by atoms with van der Waals surface area (Å²) < 4.78 is 5.37. The zero-order valence-corrected chi connectivity index (χ0v) is 8.77. The molecule has 82 valence electrons. The van der Waals surface area contributed by atoms with E-state index >= 15 is 0 Å². The molecule has 1 aromatic rings. The number of nitrogens with zero attached hydrogens (tertiary/aromatic N) is 2. The van der Waals surface area contributed by atoms with Gasteiger partial charge in [0.05, 0.1) is 19.0 Å². The van der Waals surface area contributed by atoms with Crippen LogP contribution >= 0.6 is 0 Å². The number of amides is 1. The lowest BCUT2D eigenvalue weighted by atomic mass is 10.3. The Hall–Kier alpha value is -1.65. The highest BCUT2D eigenvalue weighted by molar-refractivity contribution is 5.88. The normalized spacial score (nSPS) is 9.93. The largest absolute Gasteiger partial charge is 0.490 e. The summed E-state index contributed by atoms with van der Waals surface area (Å²) in [5.74, 6) is -0.0560. The maximum Gasteiger partial charge on any atom is 0.286 e. The van der Waals surface area contributed by atoms with Gasteiger partial charge in [0.15, 0.2) is 5.75 Å². The Kier molecular flexibility index (Phi) is 4.53. The molecule has 0 aromatic carbocycles. The van der Waals surface area contributed by atoms with Crippen molar-refractivity contribution in [3.63, 3.8) is 0 Å². The molecule has 0 aliphatic carbocycles. The van der Waals surface area contributed by atoms with Gasteiger partial charge in [0.1, 0.15) is 0 Å². The smallest absolute Gasteiger partial charge is 0.286 e. The second-order valence-electron chi connectivity index (χ2n) is 3.16. The number of carbonyl (C=O) groups excluding carboxylic acids is 1. The van der Waals surface area contributed by atoms with E-state index in [1.807, 2.05) is 0 Å². The molecule has 1 rings (SSSR count). The Morgan fingerprint density at radius 2 is 2.07 bits per heavy atom. The number of hydrogen-bond acceptors (Lipinski definition) is 4. The fraction of sp³-hybridized carbons (Fsp3) is 0.500. The van der Waals surface area contributed by atoms with Crippen molar-refractivity contribution in [2.45, 2.75) is 26.2 Å². The first-order chi connectivity index (χ1) is 7.24. The van der Waals surface area contributed by atoms with Gasteiger partial charge in [0.25, 0.3) is 5.91 Å². The molecular formula is C10H15N3O2. The van der Waals surface area contributed by atoms with Gasteiger partial charge in [-0.05, 0) is 6.42 Å². The molecule has 15 heavy (non-hydrogen) atoms. The molecular weight excluding hydrogens is 194 g/mol. The summed E-state index contributed by atoms with van der Waals surface area (Å²) in [6, 6.07) is 0. The molecule has 1 heterocycles. The summed E-state index contributed by atoms with van der Waals surface area (Å²) in [5, 5.41) is 0. The maximum atomic E-state index is 10.7. The van der Waals surface area contributed by atoms with Crippen LogP contribution in [0.1, 0.15) is 36.8 Å². The van der Waals surface area contributed by atoms with Gasteiger partial charge in [-0.3, -0.25) is 4.79 Å². The third kappa shape index (κ3) is 3.93. The number of rotatable bonds is 6. The maximum absolute atomic E-state index is 10.7. The molecule has 5 nitrogen and oxygen atoms in total. The third-order valence-electron chi connectivity index (χ3n) is 1.87. The molecule has 0 atom stereocenters. The second kappa shape index (κ2) is 5.95. The summed E-state index contributed by atoms with van der Waals surface area (Å²) in [5.41, 5.74) is 5.00. The first kappa shape index (κ1) is 11.4. The number of ether oxygens (including phenoxy) is 1. The number of primary amides is 1. The van der Waals surface area contributed by atoms with Gasteiger partial charge in [-0.2, -0.15) is 0 Å². The quantitative estimate of drug-likeness (QED) is 0.713. The van der Waals surface area contributed by atoms with E-state index in [0.717, 1.165) is 19.3 Å². The molecule has 0 bridgehead atoms. The van der Waals surface area contributed by atoms with Gasteiger partial charge >= 0.3 is 0 Å². The SMILES string of the molecule is CCCCCOc1cnc(C(N)=O)nc1. The van der Waals surface area contributed by atoms with Crippen LogP contribution in [0.2, 0.25) is 0 Å². The summed E-state index contributed by atoms with van der Waals surface area (Å²) in [6.45, 7) is 2.78. The van der Waals surface area contributed by atoms with Gasteiger partial charge in [-0.25, -0.2) is 9.97 Å². The van der Waals surface area contributed by atoms with Crippen molar-refractivity contribution in [1.82, 2.24) is 9.97 Å². The fourth-order valence-corrected chi connectivity index (χ4v) is 1.06. The van der Waals surface area contributed by atoms with Crippen LogP contribution in [-0.4, -0.2) is 22.5 Å². The molecule has 0 saturated carbocycles. The highest BCUT2D eigenvalue weighted by Crippen LogP contribution is 2.07. The Labute approximate surface area is 88.7 Å². The van der Waals surface area contributed by atoms with Crippen molar-refractivity contribution < 1.29 is 9.53 Å². The number of aromatic nitrogens is 2. The molecule has 0 aliphatic heterocycles. The van der Waals surface area contributed by atoms with Crippen molar-refractivity contribution >= 4 is 5.91 Å². The summed E-state index contributed by atoms with van der Waals surface area (Å²) in [7, 11) is 0. The van der Waals surface area contributed by atoms with E-state index < -0.39 is 5.91 Å². The summed E-state index contributed by atoms with van der Waals surface area (Å²) >= 11 is 0. The van der Waals surface area contributed by atoms with Crippen molar-refractivity contribution in [1.29, 1.82) is 0 Å². The van der Waals surface area contributed by atoms with E-state index in [0.29, 0.717) is 12.4 Å². The van der Waals surface area contributed by atoms with Gasteiger partial charge in [-0.15, -0.1) is 0 Å². The lowest BCUT2D eigenvalue weighted by molar-refractivity contribution is 0.0990. The standard InChI is InChI=1S/C10H15N3O2/c1-2-3-4-5-15-8-6-12-10(9(11)14)13-7-8/h6-7H,2-5H2,1H3,(H2,11,14). The zero-order valence-electron chi connectivity index (χ0n) is 8.77. The minimum Gasteiger partial charge on any atom is -0.490 e. The molecule has 1 amide bonds. The van der Waals surface area contributed by atoms with E-state index in [9.17, 15) is 4.79 Å². The first-order valence-electron chi connectivity index (χ1n) is 4.98. The molecule has 1 aromatic heterocycles. The van der Waals surface area contributed by atoms with Crippen LogP contribution in [0.15, 0.2) is 12.4 Å². The number of carbonyl (C=O) groups is 1. The highest BCUT2D eigenvalue weighted by atomic mass is 16.5. The predicted octanol–water partition coefficient (Wildman–Crippen LogP) is 1.14. The Morgan fingerprint density at radius 1 is 1.40 bits per heavy atom. The minimum atomic E-state index is -0.632. The Morgan fingerprint density at radius 3 is 2.60 bits per heavy atom. The van der Waals surface area contributed by atoms with Crippen LogP contribution in [0.4, 0.5) is 0 Å². The van der Waals surface area contributed by atoms with Gasteiger partial charge in [-0.1, -0.05) is 19.8 Å². The third-order valence-corrected chi connectivity index (χ3v) is 1.87. The van der Waals surface area contributed by atoms with Crippen molar-refractivity contribution in [2.24, 2.45) is 5.73 Å². The van der Waals surface area contributed by atoms with E-state index in [2.05, 4.69) is 16.9 Å². The zero-order chi connectivity index (χ0) is 11.1. The Balaban J connectivity index is 2.39. The van der Waals surface area contributed by atoms with E-state index in [1.54, 1.807) is 0 Å². The number of unbranched alkanes of at least 4 members (excludes halogenated alkanes) is 2. The van der Waals surface area contributed by atoms with Crippen LogP contribution in [0, 0.1) is 0 Å². The topological polar surface area (TPSA) is 78.1 Å². The lowest BCUT2D eigenvalue weighted by Crippen LogP contribution is -2.15. The number of nitrogens with two attached hydrogens (primary N) is 1. The highest BCUT2D eigenvalue weighted by Gasteiger charge is 2.03. The molecule has 0 fully saturated rings.